The van der Waals surface area contributed by atoms with Crippen LogP contribution in [0.1, 0.15) is 19.0 Å². The van der Waals surface area contributed by atoms with E-state index in [0.717, 1.165) is 36.7 Å². The Balaban J connectivity index is 2.02. The van der Waals surface area contributed by atoms with Crippen LogP contribution in [0.25, 0.3) is 11.5 Å². The number of hydrogen-bond acceptors (Lipinski definition) is 3. The maximum atomic E-state index is 4.31. The first-order chi connectivity index (χ1) is 7.90. The minimum atomic E-state index is 0.827. The number of aromatic nitrogens is 3. The molecule has 4 nitrogen and oxygen atoms in total. The lowest BCUT2D eigenvalue weighted by Gasteiger charge is -1.99. The number of rotatable bonds is 5. The van der Waals surface area contributed by atoms with Crippen LogP contribution >= 0.6 is 0 Å². The summed E-state index contributed by atoms with van der Waals surface area (Å²) in [5.41, 5.74) is 1.97. The fourth-order valence-electron chi connectivity index (χ4n) is 1.48. The summed E-state index contributed by atoms with van der Waals surface area (Å²) in [7, 11) is 0. The standard InChI is InChI=1S/C12H16N4/c1-2-6-13-8-10-9-15-12(16-10)11-5-3-4-7-14-11/h3-5,7,9,13H,2,6,8H2,1H3,(H,15,16). The molecule has 2 N–H and O–H groups in total. The third-order valence-electron chi connectivity index (χ3n) is 2.28. The van der Waals surface area contributed by atoms with Crippen LogP contribution in [0.15, 0.2) is 30.6 Å². The minimum Gasteiger partial charge on any atom is -0.339 e. The van der Waals surface area contributed by atoms with E-state index < -0.39 is 0 Å². The maximum absolute atomic E-state index is 4.31. The van der Waals surface area contributed by atoms with Gasteiger partial charge in [-0.1, -0.05) is 13.0 Å². The van der Waals surface area contributed by atoms with Gasteiger partial charge in [-0.25, -0.2) is 4.98 Å². The molecule has 0 spiro atoms. The van der Waals surface area contributed by atoms with E-state index in [9.17, 15) is 0 Å². The first-order valence-corrected chi connectivity index (χ1v) is 5.56. The van der Waals surface area contributed by atoms with E-state index in [1.165, 1.54) is 0 Å². The van der Waals surface area contributed by atoms with E-state index in [1.807, 2.05) is 24.4 Å². The van der Waals surface area contributed by atoms with E-state index in [0.29, 0.717) is 0 Å². The van der Waals surface area contributed by atoms with Crippen molar-refractivity contribution in [2.75, 3.05) is 6.54 Å². The third-order valence-corrected chi connectivity index (χ3v) is 2.28. The van der Waals surface area contributed by atoms with Crippen molar-refractivity contribution in [1.82, 2.24) is 20.3 Å². The van der Waals surface area contributed by atoms with Gasteiger partial charge in [0.15, 0.2) is 5.82 Å². The van der Waals surface area contributed by atoms with Gasteiger partial charge in [-0.15, -0.1) is 0 Å². The normalized spacial score (nSPS) is 10.6. The van der Waals surface area contributed by atoms with Gasteiger partial charge in [-0.05, 0) is 25.1 Å². The Morgan fingerprint density at radius 1 is 1.31 bits per heavy atom. The quantitative estimate of drug-likeness (QED) is 0.751. The second kappa shape index (κ2) is 5.42. The molecule has 2 aromatic heterocycles. The molecule has 0 aromatic carbocycles. The van der Waals surface area contributed by atoms with Crippen molar-refractivity contribution in [2.45, 2.75) is 19.9 Å². The number of nitrogens with one attached hydrogen (secondary N) is 2. The molecular weight excluding hydrogens is 200 g/mol. The van der Waals surface area contributed by atoms with Gasteiger partial charge in [0.1, 0.15) is 5.69 Å². The average Bonchev–Trinajstić information content (AvgIpc) is 2.79. The third kappa shape index (κ3) is 2.67. The molecule has 0 fully saturated rings. The minimum absolute atomic E-state index is 0.827. The van der Waals surface area contributed by atoms with Crippen molar-refractivity contribution in [3.63, 3.8) is 0 Å². The number of imidazole rings is 1. The summed E-state index contributed by atoms with van der Waals surface area (Å²) in [6, 6.07) is 5.80. The average molecular weight is 216 g/mol. The van der Waals surface area contributed by atoms with Crippen LogP contribution in [0.4, 0.5) is 0 Å². The molecule has 0 unspecified atom stereocenters. The van der Waals surface area contributed by atoms with Gasteiger partial charge in [0, 0.05) is 18.4 Å². The van der Waals surface area contributed by atoms with Gasteiger partial charge in [-0.2, -0.15) is 0 Å². The molecule has 16 heavy (non-hydrogen) atoms. The molecule has 0 aliphatic rings. The van der Waals surface area contributed by atoms with Crippen molar-refractivity contribution in [2.24, 2.45) is 0 Å². The summed E-state index contributed by atoms with van der Waals surface area (Å²) in [4.78, 5) is 11.8. The van der Waals surface area contributed by atoms with Crippen molar-refractivity contribution < 1.29 is 0 Å². The van der Waals surface area contributed by atoms with Crippen molar-refractivity contribution in [3.05, 3.63) is 36.3 Å². The van der Waals surface area contributed by atoms with E-state index in [-0.39, 0.29) is 0 Å². The monoisotopic (exact) mass is 216 g/mol. The highest BCUT2D eigenvalue weighted by Crippen LogP contribution is 2.11. The van der Waals surface area contributed by atoms with Crippen LogP contribution in [0.3, 0.4) is 0 Å². The van der Waals surface area contributed by atoms with Crippen LogP contribution in [0.5, 0.6) is 0 Å². The predicted octanol–water partition coefficient (Wildman–Crippen LogP) is 1.97. The molecule has 2 aromatic rings. The van der Waals surface area contributed by atoms with Crippen LogP contribution < -0.4 is 5.32 Å². The zero-order valence-corrected chi connectivity index (χ0v) is 9.40. The fraction of sp³-hybridized carbons (Fsp3) is 0.333. The molecule has 2 heterocycles. The van der Waals surface area contributed by atoms with Crippen molar-refractivity contribution in [3.8, 4) is 11.5 Å². The highest BCUT2D eigenvalue weighted by Gasteiger charge is 2.03. The van der Waals surface area contributed by atoms with Gasteiger partial charge in [0.2, 0.25) is 0 Å². The first kappa shape index (κ1) is 10.8. The molecule has 0 atom stereocenters. The lowest BCUT2D eigenvalue weighted by molar-refractivity contribution is 0.666. The topological polar surface area (TPSA) is 53.6 Å². The van der Waals surface area contributed by atoms with Gasteiger partial charge in [0.25, 0.3) is 0 Å². The SMILES string of the molecule is CCCNCc1cnc(-c2ccccn2)[nH]1. The molecule has 2 rings (SSSR count). The maximum Gasteiger partial charge on any atom is 0.156 e. The Kier molecular flexibility index (Phi) is 3.66. The largest absolute Gasteiger partial charge is 0.339 e. The zero-order valence-electron chi connectivity index (χ0n) is 9.40. The molecule has 84 valence electrons. The highest BCUT2D eigenvalue weighted by atomic mass is 15.0. The smallest absolute Gasteiger partial charge is 0.156 e. The van der Waals surface area contributed by atoms with E-state index in [1.54, 1.807) is 6.20 Å². The van der Waals surface area contributed by atoms with Crippen molar-refractivity contribution in [1.29, 1.82) is 0 Å². The molecule has 0 saturated carbocycles. The zero-order chi connectivity index (χ0) is 11.2. The van der Waals surface area contributed by atoms with Crippen molar-refractivity contribution >= 4 is 0 Å². The van der Waals surface area contributed by atoms with Crippen LogP contribution in [-0.4, -0.2) is 21.5 Å². The Labute approximate surface area is 95.1 Å². The van der Waals surface area contributed by atoms with E-state index in [2.05, 4.69) is 27.2 Å². The molecule has 0 radical (unpaired) electrons. The fourth-order valence-corrected chi connectivity index (χ4v) is 1.48. The Morgan fingerprint density at radius 2 is 2.25 bits per heavy atom. The lowest BCUT2D eigenvalue weighted by Crippen LogP contribution is -2.13. The lowest BCUT2D eigenvalue weighted by atomic mass is 10.3. The summed E-state index contributed by atoms with van der Waals surface area (Å²) in [6.07, 6.45) is 4.76. The number of pyridine rings is 1. The molecule has 0 aliphatic heterocycles. The number of hydrogen-bond donors (Lipinski definition) is 2. The van der Waals surface area contributed by atoms with Gasteiger partial charge >= 0.3 is 0 Å². The second-order valence-electron chi connectivity index (χ2n) is 3.65. The molecule has 0 aliphatic carbocycles. The molecule has 0 amide bonds. The van der Waals surface area contributed by atoms with Crippen LogP contribution in [-0.2, 0) is 6.54 Å². The molecule has 0 bridgehead atoms. The summed E-state index contributed by atoms with van der Waals surface area (Å²) in [5.74, 6) is 0.828. The molecule has 4 heteroatoms. The summed E-state index contributed by atoms with van der Waals surface area (Å²) in [5, 5.41) is 3.32. The molecule has 0 saturated heterocycles. The number of nitrogens with zero attached hydrogens (tertiary/aromatic N) is 2. The summed E-state index contributed by atoms with van der Waals surface area (Å²) < 4.78 is 0. The molecular formula is C12H16N4. The Morgan fingerprint density at radius 3 is 3.00 bits per heavy atom. The Bertz CT molecular complexity index is 422. The van der Waals surface area contributed by atoms with Gasteiger partial charge < -0.3 is 10.3 Å². The second-order valence-corrected chi connectivity index (χ2v) is 3.65. The highest BCUT2D eigenvalue weighted by molar-refractivity contribution is 5.48. The Hall–Kier alpha value is -1.68. The van der Waals surface area contributed by atoms with E-state index >= 15 is 0 Å². The number of aromatic amines is 1. The van der Waals surface area contributed by atoms with Gasteiger partial charge in [-0.3, -0.25) is 4.98 Å². The predicted molar refractivity (Wildman–Crippen MR) is 63.8 cm³/mol. The van der Waals surface area contributed by atoms with Gasteiger partial charge in [0.05, 0.1) is 6.20 Å². The van der Waals surface area contributed by atoms with Crippen LogP contribution in [0, 0.1) is 0 Å². The number of H-pyrrole nitrogens is 1. The first-order valence-electron chi connectivity index (χ1n) is 5.56. The van der Waals surface area contributed by atoms with Crippen LogP contribution in [0.2, 0.25) is 0 Å². The summed E-state index contributed by atoms with van der Waals surface area (Å²) in [6.45, 7) is 4.00. The van der Waals surface area contributed by atoms with E-state index in [4.69, 9.17) is 0 Å². The summed E-state index contributed by atoms with van der Waals surface area (Å²) >= 11 is 0.